The first-order valence-electron chi connectivity index (χ1n) is 5.48. The normalized spacial score (nSPS) is 10.2. The highest BCUT2D eigenvalue weighted by Crippen LogP contribution is 2.20. The van der Waals surface area contributed by atoms with Crippen molar-refractivity contribution in [1.82, 2.24) is 0 Å². The third-order valence-electron chi connectivity index (χ3n) is 2.63. The molecule has 0 saturated heterocycles. The minimum absolute atomic E-state index is 0.188. The highest BCUT2D eigenvalue weighted by atomic mass is 32.1. The van der Waals surface area contributed by atoms with E-state index in [1.54, 1.807) is 26.0 Å². The molecule has 0 aliphatic carbocycles. The van der Waals surface area contributed by atoms with Gasteiger partial charge in [0.15, 0.2) is 0 Å². The van der Waals surface area contributed by atoms with Gasteiger partial charge in [-0.2, -0.15) is 0 Å². The van der Waals surface area contributed by atoms with Crippen LogP contribution in [0.3, 0.4) is 0 Å². The molecule has 98 valence electrons. The molecule has 5 heteroatoms. The van der Waals surface area contributed by atoms with E-state index in [0.29, 0.717) is 23.3 Å². The number of hydrogen-bond acceptors (Lipinski definition) is 4. The van der Waals surface area contributed by atoms with Gasteiger partial charge in [-0.15, -0.1) is 12.6 Å². The van der Waals surface area contributed by atoms with Gasteiger partial charge in [-0.25, -0.2) is 4.79 Å². The van der Waals surface area contributed by atoms with Gasteiger partial charge in [-0.1, -0.05) is 6.07 Å². The molecule has 0 amide bonds. The van der Waals surface area contributed by atoms with Crippen LogP contribution in [-0.2, 0) is 9.47 Å². The maximum Gasteiger partial charge on any atom is 0.338 e. The second-order valence-electron chi connectivity index (χ2n) is 3.86. The van der Waals surface area contributed by atoms with Crippen molar-refractivity contribution >= 4 is 23.7 Å². The quantitative estimate of drug-likeness (QED) is 0.505. The second kappa shape index (κ2) is 6.56. The summed E-state index contributed by atoms with van der Waals surface area (Å²) in [5, 5.41) is -0.363. The minimum Gasteiger partial charge on any atom is -0.460 e. The largest absolute Gasteiger partial charge is 0.460 e. The Bertz CT molecular complexity index is 468. The summed E-state index contributed by atoms with van der Waals surface area (Å²) in [6, 6.07) is 3.37. The molecular weight excluding hydrogens is 252 g/mol. The van der Waals surface area contributed by atoms with Gasteiger partial charge in [0.1, 0.15) is 6.61 Å². The average Bonchev–Trinajstić information content (AvgIpc) is 2.28. The van der Waals surface area contributed by atoms with Gasteiger partial charge in [0.2, 0.25) is 5.12 Å². The van der Waals surface area contributed by atoms with E-state index in [2.05, 4.69) is 12.6 Å². The summed E-state index contributed by atoms with van der Waals surface area (Å²) in [4.78, 5) is 23.2. The summed E-state index contributed by atoms with van der Waals surface area (Å²) >= 11 is 3.78. The lowest BCUT2D eigenvalue weighted by Gasteiger charge is -2.12. The van der Waals surface area contributed by atoms with Crippen LogP contribution in [0, 0.1) is 13.8 Å². The van der Waals surface area contributed by atoms with Crippen molar-refractivity contribution in [2.45, 2.75) is 13.8 Å². The zero-order chi connectivity index (χ0) is 13.7. The third-order valence-corrected chi connectivity index (χ3v) is 2.87. The maximum absolute atomic E-state index is 11.9. The summed E-state index contributed by atoms with van der Waals surface area (Å²) in [5.74, 6) is -0.446. The van der Waals surface area contributed by atoms with Crippen LogP contribution in [0.1, 0.15) is 31.8 Å². The van der Waals surface area contributed by atoms with Gasteiger partial charge >= 0.3 is 5.97 Å². The van der Waals surface area contributed by atoms with Crippen molar-refractivity contribution in [3.63, 3.8) is 0 Å². The first-order valence-corrected chi connectivity index (χ1v) is 5.93. The van der Waals surface area contributed by atoms with Crippen molar-refractivity contribution in [3.05, 3.63) is 34.4 Å². The third kappa shape index (κ3) is 3.34. The van der Waals surface area contributed by atoms with E-state index < -0.39 is 5.97 Å². The zero-order valence-corrected chi connectivity index (χ0v) is 11.5. The van der Waals surface area contributed by atoms with Crippen LogP contribution in [0.5, 0.6) is 0 Å². The predicted octanol–water partition coefficient (Wildman–Crippen LogP) is 2.18. The number of benzene rings is 1. The summed E-state index contributed by atoms with van der Waals surface area (Å²) in [6.45, 7) is 4.04. The molecule has 0 aromatic heterocycles. The molecule has 18 heavy (non-hydrogen) atoms. The number of ether oxygens (including phenoxy) is 2. The van der Waals surface area contributed by atoms with Crippen LogP contribution >= 0.6 is 12.6 Å². The Morgan fingerprint density at radius 1 is 1.22 bits per heavy atom. The first kappa shape index (κ1) is 14.7. The number of rotatable bonds is 5. The van der Waals surface area contributed by atoms with Gasteiger partial charge in [0, 0.05) is 12.7 Å². The van der Waals surface area contributed by atoms with Crippen LogP contribution in [-0.4, -0.2) is 31.4 Å². The average molecular weight is 268 g/mol. The Balaban J connectivity index is 3.03. The number of esters is 1. The number of thiol groups is 1. The van der Waals surface area contributed by atoms with Crippen molar-refractivity contribution in [3.8, 4) is 0 Å². The Kier molecular flexibility index (Phi) is 5.37. The molecule has 0 saturated carbocycles. The summed E-state index contributed by atoms with van der Waals surface area (Å²) in [6.07, 6.45) is 0. The molecule has 0 bridgehead atoms. The predicted molar refractivity (Wildman–Crippen MR) is 71.4 cm³/mol. The van der Waals surface area contributed by atoms with Gasteiger partial charge in [0.25, 0.3) is 0 Å². The highest BCUT2D eigenvalue weighted by Gasteiger charge is 2.18. The van der Waals surface area contributed by atoms with Crippen LogP contribution < -0.4 is 0 Å². The van der Waals surface area contributed by atoms with E-state index in [4.69, 9.17) is 9.47 Å². The van der Waals surface area contributed by atoms with E-state index in [1.807, 2.05) is 0 Å². The van der Waals surface area contributed by atoms with E-state index in [1.165, 1.54) is 7.11 Å². The molecule has 0 spiro atoms. The van der Waals surface area contributed by atoms with Crippen molar-refractivity contribution < 1.29 is 19.1 Å². The highest BCUT2D eigenvalue weighted by molar-refractivity contribution is 7.97. The van der Waals surface area contributed by atoms with Crippen LogP contribution in [0.15, 0.2) is 12.1 Å². The van der Waals surface area contributed by atoms with Crippen molar-refractivity contribution in [2.24, 2.45) is 0 Å². The molecule has 1 rings (SSSR count). The number of carbonyl (C=O) groups is 2. The minimum atomic E-state index is -0.446. The topological polar surface area (TPSA) is 52.6 Å². The first-order chi connectivity index (χ1) is 8.49. The molecule has 0 N–H and O–H groups in total. The standard InChI is InChI=1S/C13H16O4S/c1-8-4-5-10(13(15)18)9(2)11(8)12(14)17-7-6-16-3/h4-5H,6-7H2,1-3H3,(H,15,18). The lowest BCUT2D eigenvalue weighted by molar-refractivity contribution is 0.0386. The van der Waals surface area contributed by atoms with Crippen LogP contribution in [0.25, 0.3) is 0 Å². The molecule has 0 fully saturated rings. The monoisotopic (exact) mass is 268 g/mol. The molecule has 0 heterocycles. The Morgan fingerprint density at radius 2 is 1.89 bits per heavy atom. The molecular formula is C13H16O4S. The molecule has 0 aliphatic heterocycles. The molecule has 0 aliphatic rings. The summed E-state index contributed by atoms with van der Waals surface area (Å²) in [7, 11) is 1.53. The lowest BCUT2D eigenvalue weighted by Crippen LogP contribution is -2.14. The fourth-order valence-corrected chi connectivity index (χ4v) is 1.92. The van der Waals surface area contributed by atoms with Gasteiger partial charge in [0.05, 0.1) is 12.2 Å². The Hall–Kier alpha value is -1.33. The van der Waals surface area contributed by atoms with Gasteiger partial charge < -0.3 is 9.47 Å². The molecule has 0 atom stereocenters. The lowest BCUT2D eigenvalue weighted by atomic mass is 9.98. The Morgan fingerprint density at radius 3 is 2.44 bits per heavy atom. The fraction of sp³-hybridized carbons (Fsp3) is 0.385. The van der Waals surface area contributed by atoms with E-state index in [0.717, 1.165) is 5.56 Å². The van der Waals surface area contributed by atoms with Crippen LogP contribution in [0.4, 0.5) is 0 Å². The zero-order valence-electron chi connectivity index (χ0n) is 10.6. The molecule has 0 radical (unpaired) electrons. The van der Waals surface area contributed by atoms with E-state index in [-0.39, 0.29) is 11.7 Å². The SMILES string of the molecule is COCCOC(=O)c1c(C)ccc(C(=O)S)c1C. The number of carbonyl (C=O) groups excluding carboxylic acids is 2. The molecule has 1 aromatic rings. The number of aryl methyl sites for hydroxylation is 1. The number of hydrogen-bond donors (Lipinski definition) is 1. The summed E-state index contributed by atoms with van der Waals surface area (Å²) in [5.41, 5.74) is 2.21. The Labute approximate surface area is 112 Å². The van der Waals surface area contributed by atoms with E-state index >= 15 is 0 Å². The fourth-order valence-electron chi connectivity index (χ4n) is 1.68. The van der Waals surface area contributed by atoms with Gasteiger partial charge in [-0.3, -0.25) is 4.79 Å². The molecule has 0 unspecified atom stereocenters. The molecule has 4 nitrogen and oxygen atoms in total. The maximum atomic E-state index is 11.9. The summed E-state index contributed by atoms with van der Waals surface area (Å²) < 4.78 is 9.87. The van der Waals surface area contributed by atoms with Crippen LogP contribution in [0.2, 0.25) is 0 Å². The molecule has 1 aromatic carbocycles. The second-order valence-corrected chi connectivity index (χ2v) is 4.27. The van der Waals surface area contributed by atoms with E-state index in [9.17, 15) is 9.59 Å². The number of methoxy groups -OCH3 is 1. The van der Waals surface area contributed by atoms with Crippen molar-refractivity contribution in [1.29, 1.82) is 0 Å². The van der Waals surface area contributed by atoms with Crippen molar-refractivity contribution in [2.75, 3.05) is 20.3 Å². The van der Waals surface area contributed by atoms with Gasteiger partial charge in [-0.05, 0) is 31.0 Å². The smallest absolute Gasteiger partial charge is 0.338 e.